The topological polar surface area (TPSA) is 157 Å². The van der Waals surface area contributed by atoms with Crippen molar-refractivity contribution in [1.29, 1.82) is 0 Å². The van der Waals surface area contributed by atoms with Crippen molar-refractivity contribution in [3.8, 4) is 17.2 Å². The molecule has 13 heteroatoms. The second-order valence-corrected chi connectivity index (χ2v) is 11.1. The molecule has 0 bridgehead atoms. The minimum atomic E-state index is -0.388. The number of amides is 2. The molecule has 2 heterocycles. The van der Waals surface area contributed by atoms with Crippen LogP contribution in [0.1, 0.15) is 41.8 Å². The Balaban J connectivity index is 1.27. The number of carbonyl (C=O) groups is 2. The van der Waals surface area contributed by atoms with Crippen molar-refractivity contribution in [2.75, 3.05) is 37.8 Å². The highest BCUT2D eigenvalue weighted by Gasteiger charge is 2.40. The predicted molar refractivity (Wildman–Crippen MR) is 171 cm³/mol. The van der Waals surface area contributed by atoms with E-state index in [1.807, 2.05) is 56.3 Å². The van der Waals surface area contributed by atoms with Gasteiger partial charge in [-0.3, -0.25) is 14.6 Å². The van der Waals surface area contributed by atoms with E-state index >= 15 is 0 Å². The molecule has 2 amide bonds. The lowest BCUT2D eigenvalue weighted by molar-refractivity contribution is -0.121. The second kappa shape index (κ2) is 14.6. The van der Waals surface area contributed by atoms with E-state index in [4.69, 9.17) is 26.1 Å². The van der Waals surface area contributed by atoms with E-state index < -0.39 is 0 Å². The van der Waals surface area contributed by atoms with E-state index in [1.165, 1.54) is 18.2 Å². The normalized spacial score (nSPS) is 18.8. The molecule has 0 spiro atoms. The fraction of sp³-hybridized carbons (Fsp3) is 0.344. The zero-order valence-electron chi connectivity index (χ0n) is 25.0. The molecule has 6 N–H and O–H groups in total. The third-order valence-corrected chi connectivity index (χ3v) is 7.72. The maximum atomic E-state index is 12.7. The molecule has 3 aromatic carbocycles. The summed E-state index contributed by atoms with van der Waals surface area (Å²) in [5, 5.41) is 25.2. The number of nitrogens with one attached hydrogen (secondary N) is 4. The summed E-state index contributed by atoms with van der Waals surface area (Å²) < 4.78 is 11.7. The largest absolute Gasteiger partial charge is 0.504 e. The fourth-order valence-corrected chi connectivity index (χ4v) is 5.46. The first-order chi connectivity index (χ1) is 21.7. The van der Waals surface area contributed by atoms with Crippen LogP contribution in [0.3, 0.4) is 0 Å². The van der Waals surface area contributed by atoms with E-state index in [0.29, 0.717) is 23.9 Å². The number of nitrogens with zero attached hydrogens (tertiary/aromatic N) is 2. The number of benzene rings is 3. The van der Waals surface area contributed by atoms with Gasteiger partial charge in [0, 0.05) is 40.5 Å². The Morgan fingerprint density at radius 3 is 2.53 bits per heavy atom. The molecular weight excluding hydrogens is 600 g/mol. The first kappa shape index (κ1) is 32.0. The Kier molecular flexibility index (Phi) is 10.4. The van der Waals surface area contributed by atoms with E-state index in [9.17, 15) is 19.8 Å². The number of aromatic hydroxyl groups is 2. The number of hydrogen-bond acceptors (Lipinski definition) is 10. The van der Waals surface area contributed by atoms with Gasteiger partial charge >= 0.3 is 0 Å². The number of anilines is 1. The minimum Gasteiger partial charge on any atom is -0.504 e. The third-order valence-electron chi connectivity index (χ3n) is 7.47. The standard InChI is InChI=1S/C32H37ClN6O6/c1-3-34-29(42)18-25-31-38-37-19(2)39(31)26-10-9-23(17-24(26)30(36-25)20-4-7-22(33)8-5-20)45-15-14-44-13-12-35-32(43)21-6-11-27(40)28(41)16-21/h4-11,16-17,19,25,31,37-38,40-41H,3,12-15,18H2,1-2H3,(H,34,42)(H,35,43)/t19?,25-,31?/m0/s1. The molecule has 12 nitrogen and oxygen atoms in total. The van der Waals surface area contributed by atoms with Crippen molar-refractivity contribution in [3.05, 3.63) is 82.4 Å². The molecule has 2 aliphatic heterocycles. The fourth-order valence-electron chi connectivity index (χ4n) is 5.33. The van der Waals surface area contributed by atoms with Crippen molar-refractivity contribution in [1.82, 2.24) is 21.5 Å². The Labute approximate surface area is 266 Å². The number of ether oxygens (including phenoxy) is 2. The van der Waals surface area contributed by atoms with E-state index in [-0.39, 0.29) is 73.4 Å². The molecule has 3 atom stereocenters. The van der Waals surface area contributed by atoms with Crippen LogP contribution < -0.4 is 31.1 Å². The van der Waals surface area contributed by atoms with Gasteiger partial charge in [0.05, 0.1) is 37.6 Å². The summed E-state index contributed by atoms with van der Waals surface area (Å²) in [5.41, 5.74) is 10.3. The van der Waals surface area contributed by atoms with Gasteiger partial charge in [-0.05, 0) is 62.4 Å². The van der Waals surface area contributed by atoms with Crippen LogP contribution in [0.2, 0.25) is 5.02 Å². The number of phenolic OH excluding ortho intramolecular Hbond substituents is 2. The van der Waals surface area contributed by atoms with Gasteiger partial charge in [-0.2, -0.15) is 0 Å². The average molecular weight is 637 g/mol. The van der Waals surface area contributed by atoms with Crippen molar-refractivity contribution < 1.29 is 29.3 Å². The van der Waals surface area contributed by atoms with Crippen LogP contribution in [0.15, 0.2) is 65.7 Å². The van der Waals surface area contributed by atoms with Crippen molar-refractivity contribution in [2.45, 2.75) is 38.6 Å². The Morgan fingerprint density at radius 1 is 0.978 bits per heavy atom. The molecule has 0 aromatic heterocycles. The van der Waals surface area contributed by atoms with Gasteiger partial charge in [0.2, 0.25) is 5.91 Å². The molecule has 238 valence electrons. The molecular formula is C32H37ClN6O6. The van der Waals surface area contributed by atoms with Crippen molar-refractivity contribution in [2.24, 2.45) is 4.99 Å². The summed E-state index contributed by atoms with van der Waals surface area (Å²) in [4.78, 5) is 32.3. The summed E-state index contributed by atoms with van der Waals surface area (Å²) in [6.45, 7) is 5.57. The molecule has 0 radical (unpaired) electrons. The zero-order valence-corrected chi connectivity index (χ0v) is 25.8. The van der Waals surface area contributed by atoms with Crippen molar-refractivity contribution >= 4 is 34.8 Å². The van der Waals surface area contributed by atoms with Gasteiger partial charge in [0.25, 0.3) is 5.91 Å². The van der Waals surface area contributed by atoms with Crippen LogP contribution >= 0.6 is 11.6 Å². The van der Waals surface area contributed by atoms with Gasteiger partial charge in [-0.1, -0.05) is 23.7 Å². The lowest BCUT2D eigenvalue weighted by atomic mass is 9.99. The maximum Gasteiger partial charge on any atom is 0.251 e. The van der Waals surface area contributed by atoms with E-state index in [2.05, 4.69) is 26.4 Å². The summed E-state index contributed by atoms with van der Waals surface area (Å²) in [6.07, 6.45) is -0.114. The monoisotopic (exact) mass is 636 g/mol. The number of hydrazine groups is 1. The van der Waals surface area contributed by atoms with Gasteiger partial charge in [0.15, 0.2) is 11.5 Å². The number of phenols is 2. The predicted octanol–water partition coefficient (Wildman–Crippen LogP) is 2.91. The molecule has 0 aliphatic carbocycles. The van der Waals surface area contributed by atoms with Crippen LogP contribution in [-0.2, 0) is 9.53 Å². The first-order valence-electron chi connectivity index (χ1n) is 14.8. The molecule has 1 fully saturated rings. The van der Waals surface area contributed by atoms with Crippen LogP contribution in [0.5, 0.6) is 17.2 Å². The Bertz CT molecular complexity index is 1550. The third kappa shape index (κ3) is 7.66. The molecule has 3 aromatic rings. The smallest absolute Gasteiger partial charge is 0.251 e. The van der Waals surface area contributed by atoms with Gasteiger partial charge in [-0.15, -0.1) is 0 Å². The maximum absolute atomic E-state index is 12.7. The van der Waals surface area contributed by atoms with Crippen LogP contribution in [0.25, 0.3) is 0 Å². The molecule has 5 rings (SSSR count). The van der Waals surface area contributed by atoms with Gasteiger partial charge in [0.1, 0.15) is 18.5 Å². The van der Waals surface area contributed by atoms with E-state index in [1.54, 1.807) is 0 Å². The van der Waals surface area contributed by atoms with Crippen LogP contribution in [-0.4, -0.2) is 79.0 Å². The Morgan fingerprint density at radius 2 is 1.78 bits per heavy atom. The number of aliphatic imine (C=N–C) groups is 1. The summed E-state index contributed by atoms with van der Waals surface area (Å²) in [7, 11) is 0. The summed E-state index contributed by atoms with van der Waals surface area (Å²) in [6, 6.07) is 16.8. The van der Waals surface area contributed by atoms with Crippen LogP contribution in [0, 0.1) is 0 Å². The van der Waals surface area contributed by atoms with E-state index in [0.717, 1.165) is 22.5 Å². The average Bonchev–Trinajstić information content (AvgIpc) is 3.35. The van der Waals surface area contributed by atoms with Crippen molar-refractivity contribution in [3.63, 3.8) is 0 Å². The SMILES string of the molecule is CCNC(=O)C[C@@H]1N=C(c2ccc(Cl)cc2)c2cc(OCCOCCNC(=O)c3ccc(O)c(O)c3)ccc2N2C(C)NNC12. The molecule has 2 aliphatic rings. The second-order valence-electron chi connectivity index (χ2n) is 10.6. The number of hydrogen-bond donors (Lipinski definition) is 6. The molecule has 2 unspecified atom stereocenters. The highest BCUT2D eigenvalue weighted by molar-refractivity contribution is 6.30. The summed E-state index contributed by atoms with van der Waals surface area (Å²) in [5.74, 6) is -0.477. The van der Waals surface area contributed by atoms with Gasteiger partial charge < -0.3 is 35.2 Å². The molecule has 0 saturated carbocycles. The number of carbonyl (C=O) groups excluding carboxylic acids is 2. The highest BCUT2D eigenvalue weighted by Crippen LogP contribution is 2.36. The first-order valence-corrected chi connectivity index (χ1v) is 15.2. The number of halogens is 1. The Hall–Kier alpha value is -4.36. The number of rotatable bonds is 12. The molecule has 1 saturated heterocycles. The summed E-state index contributed by atoms with van der Waals surface area (Å²) >= 11 is 6.21. The van der Waals surface area contributed by atoms with Crippen LogP contribution in [0.4, 0.5) is 5.69 Å². The lowest BCUT2D eigenvalue weighted by Gasteiger charge is -2.31. The highest BCUT2D eigenvalue weighted by atomic mass is 35.5. The molecule has 45 heavy (non-hydrogen) atoms. The van der Waals surface area contributed by atoms with Gasteiger partial charge in [-0.25, -0.2) is 10.9 Å². The number of fused-ring (bicyclic) bond motifs is 3. The lowest BCUT2D eigenvalue weighted by Crippen LogP contribution is -2.47. The quantitative estimate of drug-likeness (QED) is 0.130. The minimum absolute atomic E-state index is 0.0642. The zero-order chi connectivity index (χ0) is 31.9.